The van der Waals surface area contributed by atoms with E-state index >= 15 is 0 Å². The summed E-state index contributed by atoms with van der Waals surface area (Å²) >= 11 is 0. The molecule has 0 aliphatic heterocycles. The summed E-state index contributed by atoms with van der Waals surface area (Å²) in [4.78, 5) is 0. The van der Waals surface area contributed by atoms with Crippen molar-refractivity contribution >= 4 is 32.3 Å². The molecule has 87 valence electrons. The highest BCUT2D eigenvalue weighted by atomic mass is 16.3. The first kappa shape index (κ1) is 9.40. The average Bonchev–Trinajstić information content (AvgIpc) is 2.79. The van der Waals surface area contributed by atoms with Crippen LogP contribution in [0, 0.1) is 0 Å². The minimum absolute atomic E-state index is 0.122. The summed E-state index contributed by atoms with van der Waals surface area (Å²) in [5.74, 6) is 0.122. The van der Waals surface area contributed by atoms with Gasteiger partial charge in [-0.3, -0.25) is 5.11 Å². The molecule has 1 aliphatic carbocycles. The molecule has 0 atom stereocenters. The zero-order valence-electron chi connectivity index (χ0n) is 10.1. The number of rotatable bonds is 0. The number of fused-ring (bicyclic) bond motifs is 1. The third kappa shape index (κ3) is 0.944. The van der Waals surface area contributed by atoms with E-state index in [9.17, 15) is 5.11 Å². The SMILES string of the molecule is [O]c1cc2ccc3cccc4c3c2c2c-4cccc12. The third-order valence-electron chi connectivity index (χ3n) is 4.23. The highest BCUT2D eigenvalue weighted by molar-refractivity contribution is 6.33. The molecule has 1 aliphatic rings. The van der Waals surface area contributed by atoms with Crippen molar-refractivity contribution in [2.45, 2.75) is 0 Å². The van der Waals surface area contributed by atoms with Crippen LogP contribution in [-0.2, 0) is 5.11 Å². The molecule has 1 heteroatoms. The monoisotopic (exact) mass is 241 g/mol. The van der Waals surface area contributed by atoms with Gasteiger partial charge in [0.2, 0.25) is 0 Å². The molecule has 0 spiro atoms. The Bertz CT molecular complexity index is 1010. The van der Waals surface area contributed by atoms with Gasteiger partial charge in [0.25, 0.3) is 0 Å². The maximum Gasteiger partial charge on any atom is 0.187 e. The molecular formula is C18H9O. The van der Waals surface area contributed by atoms with E-state index in [2.05, 4.69) is 36.4 Å². The van der Waals surface area contributed by atoms with Gasteiger partial charge in [0.15, 0.2) is 5.75 Å². The Morgan fingerprint density at radius 3 is 2.26 bits per heavy atom. The summed E-state index contributed by atoms with van der Waals surface area (Å²) in [6.07, 6.45) is 0. The standard InChI is InChI=1S/C18H9O/c19-15-9-11-8-7-10-3-1-4-12-13-5-2-6-14(15)18(13)17(11)16(10)12/h1-9H. The van der Waals surface area contributed by atoms with Gasteiger partial charge < -0.3 is 0 Å². The van der Waals surface area contributed by atoms with Crippen LogP contribution in [0.1, 0.15) is 0 Å². The fraction of sp³-hybridized carbons (Fsp3) is 0. The second kappa shape index (κ2) is 2.89. The van der Waals surface area contributed by atoms with Crippen LogP contribution in [0.2, 0.25) is 0 Å². The van der Waals surface area contributed by atoms with Crippen LogP contribution in [0.25, 0.3) is 43.4 Å². The average molecular weight is 241 g/mol. The van der Waals surface area contributed by atoms with E-state index in [1.807, 2.05) is 12.1 Å². The van der Waals surface area contributed by atoms with Crippen LogP contribution in [0.4, 0.5) is 0 Å². The van der Waals surface area contributed by atoms with Gasteiger partial charge in [-0.2, -0.15) is 0 Å². The van der Waals surface area contributed by atoms with Crippen molar-refractivity contribution in [2.75, 3.05) is 0 Å². The molecule has 19 heavy (non-hydrogen) atoms. The molecule has 0 amide bonds. The van der Waals surface area contributed by atoms with Gasteiger partial charge in [0.05, 0.1) is 0 Å². The number of hydrogen-bond acceptors (Lipinski definition) is 0. The Kier molecular flexibility index (Phi) is 1.43. The smallest absolute Gasteiger partial charge is 0.187 e. The summed E-state index contributed by atoms with van der Waals surface area (Å²) in [5.41, 5.74) is 2.46. The van der Waals surface area contributed by atoms with Crippen molar-refractivity contribution in [3.63, 3.8) is 0 Å². The molecular weight excluding hydrogens is 232 g/mol. The second-order valence-electron chi connectivity index (χ2n) is 5.17. The van der Waals surface area contributed by atoms with Crippen molar-refractivity contribution < 1.29 is 5.11 Å². The third-order valence-corrected chi connectivity index (χ3v) is 4.23. The minimum Gasteiger partial charge on any atom is -0.289 e. The van der Waals surface area contributed by atoms with Crippen molar-refractivity contribution in [1.82, 2.24) is 0 Å². The molecule has 4 aromatic rings. The first-order chi connectivity index (χ1) is 9.34. The van der Waals surface area contributed by atoms with Gasteiger partial charge in [-0.1, -0.05) is 48.5 Å². The van der Waals surface area contributed by atoms with E-state index in [0.29, 0.717) is 0 Å². The molecule has 5 rings (SSSR count). The summed E-state index contributed by atoms with van der Waals surface area (Å²) in [7, 11) is 0. The van der Waals surface area contributed by atoms with E-state index in [1.54, 1.807) is 6.07 Å². The van der Waals surface area contributed by atoms with E-state index in [-0.39, 0.29) is 5.75 Å². The van der Waals surface area contributed by atoms with Crippen molar-refractivity contribution in [3.05, 3.63) is 54.6 Å². The summed E-state index contributed by atoms with van der Waals surface area (Å²) in [5, 5.41) is 19.1. The molecule has 0 saturated carbocycles. The highest BCUT2D eigenvalue weighted by Crippen LogP contribution is 2.49. The Balaban J connectivity index is 2.29. The fourth-order valence-corrected chi connectivity index (χ4v) is 3.48. The lowest BCUT2D eigenvalue weighted by atomic mass is 10.00. The molecule has 0 bridgehead atoms. The predicted octanol–water partition coefficient (Wildman–Crippen LogP) is 5.27. The molecule has 0 N–H and O–H groups in total. The van der Waals surface area contributed by atoms with Crippen LogP contribution >= 0.6 is 0 Å². The van der Waals surface area contributed by atoms with Gasteiger partial charge in [-0.05, 0) is 38.7 Å². The van der Waals surface area contributed by atoms with E-state index in [0.717, 1.165) is 16.2 Å². The van der Waals surface area contributed by atoms with E-state index < -0.39 is 0 Å². The highest BCUT2D eigenvalue weighted by Gasteiger charge is 2.21. The van der Waals surface area contributed by atoms with Crippen LogP contribution in [0.5, 0.6) is 5.75 Å². The lowest BCUT2D eigenvalue weighted by Gasteiger charge is -2.04. The van der Waals surface area contributed by atoms with Gasteiger partial charge in [0, 0.05) is 10.8 Å². The number of hydrogen-bond donors (Lipinski definition) is 0. The molecule has 4 aromatic carbocycles. The lowest BCUT2D eigenvalue weighted by molar-refractivity contribution is 0.361. The Hall–Kier alpha value is -2.54. The largest absolute Gasteiger partial charge is 0.289 e. The Morgan fingerprint density at radius 2 is 1.37 bits per heavy atom. The van der Waals surface area contributed by atoms with Gasteiger partial charge in [0.1, 0.15) is 0 Å². The second-order valence-corrected chi connectivity index (χ2v) is 5.17. The topological polar surface area (TPSA) is 19.9 Å². The molecule has 1 nitrogen and oxygen atoms in total. The quantitative estimate of drug-likeness (QED) is 0.329. The molecule has 0 saturated heterocycles. The van der Waals surface area contributed by atoms with Crippen LogP contribution in [-0.4, -0.2) is 0 Å². The molecule has 0 aromatic heterocycles. The lowest BCUT2D eigenvalue weighted by Crippen LogP contribution is -1.77. The Labute approximate surface area is 109 Å². The van der Waals surface area contributed by atoms with Gasteiger partial charge >= 0.3 is 0 Å². The van der Waals surface area contributed by atoms with Gasteiger partial charge in [-0.25, -0.2) is 0 Å². The summed E-state index contributed by atoms with van der Waals surface area (Å²) in [6.45, 7) is 0. The van der Waals surface area contributed by atoms with Crippen LogP contribution in [0.3, 0.4) is 0 Å². The first-order valence-corrected chi connectivity index (χ1v) is 6.43. The maximum absolute atomic E-state index is 12.2. The van der Waals surface area contributed by atoms with Crippen LogP contribution in [0.15, 0.2) is 54.6 Å². The molecule has 1 radical (unpaired) electrons. The summed E-state index contributed by atoms with van der Waals surface area (Å²) in [6, 6.07) is 18.4. The minimum atomic E-state index is 0.122. The first-order valence-electron chi connectivity index (χ1n) is 6.43. The molecule has 0 unspecified atom stereocenters. The van der Waals surface area contributed by atoms with Crippen molar-refractivity contribution in [2.24, 2.45) is 0 Å². The zero-order valence-corrected chi connectivity index (χ0v) is 10.1. The molecule has 0 heterocycles. The van der Waals surface area contributed by atoms with E-state index in [1.165, 1.54) is 27.3 Å². The normalized spacial score (nSPS) is 12.4. The fourth-order valence-electron chi connectivity index (χ4n) is 3.48. The predicted molar refractivity (Wildman–Crippen MR) is 78.1 cm³/mol. The van der Waals surface area contributed by atoms with Crippen molar-refractivity contribution in [3.8, 4) is 16.9 Å². The van der Waals surface area contributed by atoms with E-state index in [4.69, 9.17) is 0 Å². The van der Waals surface area contributed by atoms with Gasteiger partial charge in [-0.15, -0.1) is 0 Å². The summed E-state index contributed by atoms with van der Waals surface area (Å²) < 4.78 is 0. The van der Waals surface area contributed by atoms with Crippen LogP contribution < -0.4 is 0 Å². The number of benzene rings is 4. The maximum atomic E-state index is 12.2. The zero-order chi connectivity index (χ0) is 12.6. The Morgan fingerprint density at radius 1 is 0.632 bits per heavy atom. The molecule has 0 fully saturated rings. The van der Waals surface area contributed by atoms with Crippen molar-refractivity contribution in [1.29, 1.82) is 0 Å².